The van der Waals surface area contributed by atoms with E-state index in [0.717, 1.165) is 19.6 Å². The van der Waals surface area contributed by atoms with Crippen LogP contribution in [0.15, 0.2) is 0 Å². The first-order valence-electron chi connectivity index (χ1n) is 7.46. The van der Waals surface area contributed by atoms with Crippen molar-refractivity contribution in [3.05, 3.63) is 0 Å². The van der Waals surface area contributed by atoms with E-state index in [0.29, 0.717) is 18.4 Å². The first-order chi connectivity index (χ1) is 8.97. The number of rotatable bonds is 8. The molecule has 114 valence electrons. The zero-order chi connectivity index (χ0) is 14.2. The number of unbranched alkanes of at least 4 members (excludes halogenated alkanes) is 1. The molecule has 0 amide bonds. The third-order valence-electron chi connectivity index (χ3n) is 4.01. The maximum Gasteiger partial charge on any atom is 0.389 e. The van der Waals surface area contributed by atoms with Gasteiger partial charge in [-0.2, -0.15) is 13.2 Å². The van der Waals surface area contributed by atoms with E-state index in [1.807, 2.05) is 0 Å². The monoisotopic (exact) mass is 280 g/mol. The molecule has 1 heterocycles. The summed E-state index contributed by atoms with van der Waals surface area (Å²) in [5, 5.41) is 6.74. The molecule has 1 fully saturated rings. The molecule has 0 aliphatic carbocycles. The highest BCUT2D eigenvalue weighted by molar-refractivity contribution is 4.86. The van der Waals surface area contributed by atoms with Crippen molar-refractivity contribution in [3.8, 4) is 0 Å². The summed E-state index contributed by atoms with van der Waals surface area (Å²) in [7, 11) is 0. The Morgan fingerprint density at radius 3 is 2.42 bits per heavy atom. The zero-order valence-corrected chi connectivity index (χ0v) is 11.9. The molecule has 19 heavy (non-hydrogen) atoms. The molecule has 0 bridgehead atoms. The molecular formula is C14H27F3N2. The van der Waals surface area contributed by atoms with Gasteiger partial charge in [-0.05, 0) is 57.2 Å². The highest BCUT2D eigenvalue weighted by Gasteiger charge is 2.30. The van der Waals surface area contributed by atoms with Crippen molar-refractivity contribution in [3.63, 3.8) is 0 Å². The Morgan fingerprint density at radius 2 is 1.84 bits per heavy atom. The van der Waals surface area contributed by atoms with Crippen LogP contribution < -0.4 is 10.6 Å². The smallest absolute Gasteiger partial charge is 0.317 e. The molecule has 2 nitrogen and oxygen atoms in total. The van der Waals surface area contributed by atoms with E-state index in [-0.39, 0.29) is 6.42 Å². The highest BCUT2D eigenvalue weighted by atomic mass is 19.4. The Bertz CT molecular complexity index is 230. The molecule has 1 aliphatic rings. The van der Waals surface area contributed by atoms with Crippen LogP contribution in [0.4, 0.5) is 13.2 Å². The van der Waals surface area contributed by atoms with Gasteiger partial charge in [-0.1, -0.05) is 13.3 Å². The van der Waals surface area contributed by atoms with E-state index >= 15 is 0 Å². The third-order valence-corrected chi connectivity index (χ3v) is 4.01. The van der Waals surface area contributed by atoms with Crippen LogP contribution in [-0.4, -0.2) is 32.4 Å². The summed E-state index contributed by atoms with van der Waals surface area (Å²) in [6.07, 6.45) is 0.933. The number of hydrogen-bond acceptors (Lipinski definition) is 2. The van der Waals surface area contributed by atoms with Crippen LogP contribution in [0.25, 0.3) is 0 Å². The lowest BCUT2D eigenvalue weighted by Gasteiger charge is -2.38. The number of alkyl halides is 3. The Hall–Kier alpha value is -0.290. The van der Waals surface area contributed by atoms with Crippen molar-refractivity contribution in [1.82, 2.24) is 10.6 Å². The quantitative estimate of drug-likeness (QED) is 0.665. The van der Waals surface area contributed by atoms with E-state index < -0.39 is 12.6 Å². The minimum absolute atomic E-state index is 0.235. The third kappa shape index (κ3) is 7.16. The molecule has 0 atom stereocenters. The van der Waals surface area contributed by atoms with Crippen molar-refractivity contribution >= 4 is 0 Å². The summed E-state index contributed by atoms with van der Waals surface area (Å²) in [4.78, 5) is 0. The molecule has 0 saturated carbocycles. The Balaban J connectivity index is 2.15. The Morgan fingerprint density at radius 1 is 1.16 bits per heavy atom. The van der Waals surface area contributed by atoms with Crippen LogP contribution in [0.2, 0.25) is 0 Å². The summed E-state index contributed by atoms with van der Waals surface area (Å²) in [5.41, 5.74) is 0.365. The van der Waals surface area contributed by atoms with Crippen molar-refractivity contribution < 1.29 is 13.2 Å². The van der Waals surface area contributed by atoms with Gasteiger partial charge in [-0.3, -0.25) is 0 Å². The minimum Gasteiger partial charge on any atom is -0.317 e. The second-order valence-electron chi connectivity index (χ2n) is 5.75. The zero-order valence-electron chi connectivity index (χ0n) is 11.9. The molecule has 5 heteroatoms. The molecule has 1 saturated heterocycles. The predicted molar refractivity (Wildman–Crippen MR) is 72.2 cm³/mol. The standard InChI is InChI=1S/C14H27F3N2/c1-2-5-13(7-10-18-11-8-13)12-19-9-4-3-6-14(15,16)17/h18-19H,2-12H2,1H3. The lowest BCUT2D eigenvalue weighted by molar-refractivity contribution is -0.135. The van der Waals surface area contributed by atoms with Gasteiger partial charge in [-0.15, -0.1) is 0 Å². The van der Waals surface area contributed by atoms with Gasteiger partial charge in [0, 0.05) is 13.0 Å². The van der Waals surface area contributed by atoms with E-state index in [1.54, 1.807) is 0 Å². The first kappa shape index (κ1) is 16.8. The molecule has 0 spiro atoms. The van der Waals surface area contributed by atoms with Crippen molar-refractivity contribution in [2.45, 2.75) is 58.0 Å². The fourth-order valence-electron chi connectivity index (χ4n) is 2.93. The Kier molecular flexibility index (Phi) is 7.15. The van der Waals surface area contributed by atoms with Crippen LogP contribution >= 0.6 is 0 Å². The molecule has 0 aromatic carbocycles. The molecular weight excluding hydrogens is 253 g/mol. The van der Waals surface area contributed by atoms with E-state index in [9.17, 15) is 13.2 Å². The van der Waals surface area contributed by atoms with Crippen molar-refractivity contribution in [1.29, 1.82) is 0 Å². The van der Waals surface area contributed by atoms with Crippen molar-refractivity contribution in [2.24, 2.45) is 5.41 Å². The fourth-order valence-corrected chi connectivity index (χ4v) is 2.93. The van der Waals surface area contributed by atoms with E-state index in [4.69, 9.17) is 0 Å². The second kappa shape index (κ2) is 8.10. The van der Waals surface area contributed by atoms with Crippen LogP contribution in [0.3, 0.4) is 0 Å². The molecule has 0 unspecified atom stereocenters. The summed E-state index contributed by atoms with van der Waals surface area (Å²) in [6, 6.07) is 0. The van der Waals surface area contributed by atoms with Gasteiger partial charge >= 0.3 is 6.18 Å². The first-order valence-corrected chi connectivity index (χ1v) is 7.46. The lowest BCUT2D eigenvalue weighted by atomic mass is 9.75. The maximum absolute atomic E-state index is 12.0. The van der Waals surface area contributed by atoms with Gasteiger partial charge < -0.3 is 10.6 Å². The SMILES string of the molecule is CCCC1(CNCCCCC(F)(F)F)CCNCC1. The predicted octanol–water partition coefficient (Wildman–Crippen LogP) is 3.48. The maximum atomic E-state index is 12.0. The van der Waals surface area contributed by atoms with Crippen molar-refractivity contribution in [2.75, 3.05) is 26.2 Å². The molecule has 0 aromatic rings. The van der Waals surface area contributed by atoms with E-state index in [2.05, 4.69) is 17.6 Å². The molecule has 1 rings (SSSR count). The minimum atomic E-state index is -4.00. The highest BCUT2D eigenvalue weighted by Crippen LogP contribution is 2.33. The van der Waals surface area contributed by atoms with Gasteiger partial charge in [0.1, 0.15) is 0 Å². The van der Waals surface area contributed by atoms with Gasteiger partial charge in [0.25, 0.3) is 0 Å². The number of nitrogens with one attached hydrogen (secondary N) is 2. The fraction of sp³-hybridized carbons (Fsp3) is 1.00. The Labute approximate surface area is 114 Å². The van der Waals surface area contributed by atoms with Gasteiger partial charge in [0.15, 0.2) is 0 Å². The lowest BCUT2D eigenvalue weighted by Crippen LogP contribution is -2.43. The van der Waals surface area contributed by atoms with Gasteiger partial charge in [0.2, 0.25) is 0 Å². The summed E-state index contributed by atoms with van der Waals surface area (Å²) < 4.78 is 36.0. The molecule has 0 radical (unpaired) electrons. The topological polar surface area (TPSA) is 24.1 Å². The number of piperidine rings is 1. The van der Waals surface area contributed by atoms with Crippen LogP contribution in [-0.2, 0) is 0 Å². The number of halogens is 3. The van der Waals surface area contributed by atoms with Crippen LogP contribution in [0, 0.1) is 5.41 Å². The van der Waals surface area contributed by atoms with Crippen LogP contribution in [0.5, 0.6) is 0 Å². The average molecular weight is 280 g/mol. The second-order valence-corrected chi connectivity index (χ2v) is 5.75. The summed E-state index contributed by atoms with van der Waals surface area (Å²) >= 11 is 0. The molecule has 2 N–H and O–H groups in total. The largest absolute Gasteiger partial charge is 0.389 e. The van der Waals surface area contributed by atoms with Gasteiger partial charge in [-0.25, -0.2) is 0 Å². The summed E-state index contributed by atoms with van der Waals surface area (Å²) in [6.45, 7) is 5.99. The normalized spacial score (nSPS) is 19.6. The molecule has 0 aromatic heterocycles. The molecule has 1 aliphatic heterocycles. The van der Waals surface area contributed by atoms with Crippen LogP contribution in [0.1, 0.15) is 51.9 Å². The summed E-state index contributed by atoms with van der Waals surface area (Å²) in [5.74, 6) is 0. The average Bonchev–Trinajstić information content (AvgIpc) is 2.34. The van der Waals surface area contributed by atoms with Gasteiger partial charge in [0.05, 0.1) is 0 Å². The number of hydrogen-bond donors (Lipinski definition) is 2. The van der Waals surface area contributed by atoms with E-state index in [1.165, 1.54) is 25.7 Å².